The quantitative estimate of drug-likeness (QED) is 0.387. The van der Waals surface area contributed by atoms with Crippen molar-refractivity contribution < 1.29 is 9.59 Å². The maximum absolute atomic E-state index is 13.6. The van der Waals surface area contributed by atoms with E-state index in [1.807, 2.05) is 47.5 Å². The van der Waals surface area contributed by atoms with Crippen LogP contribution >= 0.6 is 23.2 Å². The van der Waals surface area contributed by atoms with Crippen molar-refractivity contribution in [1.82, 2.24) is 19.7 Å². The maximum atomic E-state index is 13.6. The Bertz CT molecular complexity index is 2460. The highest BCUT2D eigenvalue weighted by Crippen LogP contribution is 2.37. The number of benzene rings is 1. The normalized spacial score (nSPS) is 16.0. The van der Waals surface area contributed by atoms with E-state index in [4.69, 9.17) is 50.6 Å². The first-order valence-electron chi connectivity index (χ1n) is 16.4. The molecule has 4 rings (SSSR count). The van der Waals surface area contributed by atoms with Crippen molar-refractivity contribution in [3.05, 3.63) is 63.9 Å². The van der Waals surface area contributed by atoms with Crippen molar-refractivity contribution in [3.63, 3.8) is 0 Å². The molecule has 0 radical (unpaired) electrons. The highest BCUT2D eigenvalue weighted by Gasteiger charge is 2.41. The minimum absolute atomic E-state index is 0.0556. The van der Waals surface area contributed by atoms with Crippen LogP contribution in [0.5, 0.6) is 0 Å². The smallest absolute Gasteiger partial charge is 0.223 e. The van der Waals surface area contributed by atoms with Gasteiger partial charge in [0.2, 0.25) is 11.8 Å². The number of carbonyl (C=O) groups excluding carboxylic acids is 2. The first-order chi connectivity index (χ1) is 27.5. The summed E-state index contributed by atoms with van der Waals surface area (Å²) in [6, 6.07) is 11.7. The lowest BCUT2D eigenvalue weighted by atomic mass is 9.82. The molecule has 2 aliphatic heterocycles. The summed E-state index contributed by atoms with van der Waals surface area (Å²) in [7, 11) is 30.8. The lowest BCUT2D eigenvalue weighted by Gasteiger charge is -2.49. The van der Waals surface area contributed by atoms with Crippen LogP contribution in [-0.4, -0.2) is 70.3 Å². The fourth-order valence-electron chi connectivity index (χ4n) is 5.86. The molecule has 2 aliphatic rings. The number of piperidine rings is 1. The minimum atomic E-state index is -0.0986. The summed E-state index contributed by atoms with van der Waals surface area (Å²) in [6.07, 6.45) is 4.15. The molecule has 0 aliphatic carbocycles. The van der Waals surface area contributed by atoms with Crippen LogP contribution in [0.1, 0.15) is 64.3 Å². The number of nitrogens with zero attached hydrogens (tertiary/aromatic N) is 4. The van der Waals surface area contributed by atoms with E-state index in [1.165, 1.54) is 17.8 Å². The van der Waals surface area contributed by atoms with Crippen molar-refractivity contribution in [3.8, 4) is 0 Å². The Morgan fingerprint density at radius 3 is 1.72 bits per heavy atom. The monoisotopic (exact) mass is 1180 g/mol. The minimum Gasteiger partial charge on any atom is -0.343 e. The Kier molecular flexibility index (Phi) is 29.3. The summed E-state index contributed by atoms with van der Waals surface area (Å²) in [6.45, 7) is 11.9. The second-order valence-corrected chi connectivity index (χ2v) is 45.3. The number of aromatic nitrogens is 1. The molecule has 0 N–H and O–H groups in total. The summed E-state index contributed by atoms with van der Waals surface area (Å²) < 4.78 is 0. The zero-order valence-electron chi connectivity index (χ0n) is 30.5. The lowest BCUT2D eigenvalue weighted by molar-refractivity contribution is -0.141. The summed E-state index contributed by atoms with van der Waals surface area (Å²) in [4.78, 5) is 36.4. The number of hydrogen-bond acceptors (Lipinski definition) is 6. The Morgan fingerprint density at radius 1 is 0.754 bits per heavy atom. The van der Waals surface area contributed by atoms with Crippen LogP contribution in [-0.2, 0) is 192 Å². The maximum Gasteiger partial charge on any atom is 0.223 e. The van der Waals surface area contributed by atoms with E-state index < -0.39 is 0 Å². The first kappa shape index (κ1) is 53.6. The second-order valence-electron chi connectivity index (χ2n) is 12.7. The zero-order chi connectivity index (χ0) is 41.5. The number of halogens is 2. The highest BCUT2D eigenvalue weighted by molar-refractivity contribution is 8.78. The van der Waals surface area contributed by atoms with Gasteiger partial charge in [-0.3, -0.25) is 19.5 Å². The number of piperazine rings is 1. The third-order valence-corrected chi connectivity index (χ3v) is 46.8. The number of likely N-dealkylation sites (tertiary alicyclic amines) is 1. The van der Waals surface area contributed by atoms with Gasteiger partial charge in [-0.25, -0.2) is 0 Å². The number of hydrogen-bond donors (Lipinski definition) is 0. The third kappa shape index (κ3) is 21.2. The van der Waals surface area contributed by atoms with Crippen LogP contribution in [0.3, 0.4) is 0 Å². The van der Waals surface area contributed by atoms with Gasteiger partial charge < -0.3 is 9.80 Å². The zero-order valence-corrected chi connectivity index (χ0v) is 48.3. The van der Waals surface area contributed by atoms with Gasteiger partial charge in [0.1, 0.15) is 0 Å². The largest absolute Gasteiger partial charge is 0.343 e. The summed E-state index contributed by atoms with van der Waals surface area (Å²) in [5, 5.41) is 1.06. The van der Waals surface area contributed by atoms with Crippen LogP contribution in [0, 0.1) is 11.3 Å². The molecule has 0 spiro atoms. The molecule has 0 bridgehead atoms. The van der Waals surface area contributed by atoms with E-state index in [9.17, 15) is 9.59 Å². The summed E-state index contributed by atoms with van der Waals surface area (Å²) in [5.41, 5.74) is 1.89. The fraction of sp³-hybridized carbons (Fsp3) is 0.552. The van der Waals surface area contributed by atoms with Gasteiger partial charge in [0.25, 0.3) is 0 Å². The SMILES string of the molecule is CC(=O)N1CCC(CC(=O)N2CCN(C(c3ccc(Cl)c(Cl)c3)c3ccccn3)C[C@@H]2C(C)(C)C)CC1.S=S=S=S=S=S=S=S=S=S=S=S=S=S=S=S=S=S=S=S. The molecule has 2 atom stereocenters. The summed E-state index contributed by atoms with van der Waals surface area (Å²) >= 11 is 22.2. The predicted molar refractivity (Wildman–Crippen MR) is 296 cm³/mol. The van der Waals surface area contributed by atoms with Gasteiger partial charge in [0.05, 0.1) is 21.8 Å². The predicted octanol–water partition coefficient (Wildman–Crippen LogP) is 5.64. The van der Waals surface area contributed by atoms with E-state index >= 15 is 0 Å². The standard InChI is InChI=1S/C29H38Cl2N4O2.S20/c1-20(36)33-13-10-21(11-14-33)17-27(37)35-16-15-34(19-26(35)29(2,3)4)28(25-7-5-6-12-32-25)22-8-9-23(30)24(31)18-22;1-3-5-7-9-11-13-15-17-19-20-18-16-14-12-10-8-6-4-2/h5-9,12,18,21,26,28H,10-11,13-17,19H2,1-4H3;/t26-,28?;/m1./s1. The molecule has 3 heterocycles. The average Bonchev–Trinajstić information content (AvgIpc) is 3.19. The Labute approximate surface area is 407 Å². The molecule has 0 saturated carbocycles. The number of rotatable bonds is 5. The highest BCUT2D eigenvalue weighted by atomic mass is 35.5. The van der Waals surface area contributed by atoms with Gasteiger partial charge in [-0.05, 0) is 54.0 Å². The third-order valence-electron chi connectivity index (χ3n) is 8.32. The lowest BCUT2D eigenvalue weighted by Crippen LogP contribution is -2.60. The number of amides is 2. The molecule has 1 aromatic carbocycles. The van der Waals surface area contributed by atoms with Gasteiger partial charge in [0.15, 0.2) is 0 Å². The van der Waals surface area contributed by atoms with E-state index in [-0.39, 0.29) is 29.3 Å². The second kappa shape index (κ2) is 31.2. The molecule has 6 nitrogen and oxygen atoms in total. The van der Waals surface area contributed by atoms with Crippen molar-refractivity contribution in [1.29, 1.82) is 0 Å². The Hall–Kier alpha value is 2.25. The van der Waals surface area contributed by atoms with Crippen molar-refractivity contribution in [2.24, 2.45) is 11.3 Å². The molecular weight excluding hydrogens is 1150 g/mol. The molecule has 2 fully saturated rings. The van der Waals surface area contributed by atoms with Gasteiger partial charge in [-0.1, -0.05) is 56.1 Å². The van der Waals surface area contributed by atoms with Crippen LogP contribution in [0.4, 0.5) is 0 Å². The van der Waals surface area contributed by atoms with Gasteiger partial charge >= 0.3 is 0 Å². The molecule has 2 saturated heterocycles. The van der Waals surface area contributed by atoms with Gasteiger partial charge in [-0.15, -0.1) is 0 Å². The van der Waals surface area contributed by atoms with Crippen molar-refractivity contribution >= 4 is 217 Å². The molecule has 2 aromatic rings. The molecule has 28 heteroatoms. The molecule has 57 heavy (non-hydrogen) atoms. The van der Waals surface area contributed by atoms with Crippen LogP contribution in [0.2, 0.25) is 10.0 Å². The van der Waals surface area contributed by atoms with Gasteiger partial charge in [0, 0.05) is 241 Å². The van der Waals surface area contributed by atoms with Crippen LogP contribution in [0.15, 0.2) is 42.6 Å². The molecule has 1 aromatic heterocycles. The van der Waals surface area contributed by atoms with Crippen molar-refractivity contribution in [2.75, 3.05) is 32.7 Å². The molecule has 2 amide bonds. The summed E-state index contributed by atoms with van der Waals surface area (Å²) in [5.74, 6) is 0.683. The van der Waals surface area contributed by atoms with E-state index in [0.29, 0.717) is 28.9 Å². The molecular formula is C29H38Cl2N4O2S20. The number of carbonyl (C=O) groups is 2. The first-order valence-corrected chi connectivity index (χ1v) is 42.4. The topological polar surface area (TPSA) is 56.8 Å². The van der Waals surface area contributed by atoms with E-state index in [0.717, 1.165) is 50.3 Å². The van der Waals surface area contributed by atoms with E-state index in [2.05, 4.69) is 30.6 Å². The van der Waals surface area contributed by atoms with Crippen LogP contribution in [0.25, 0.3) is 0 Å². The fourth-order valence-corrected chi connectivity index (χ4v) is 50.1. The van der Waals surface area contributed by atoms with Gasteiger partial charge in [-0.2, -0.15) is 0 Å². The van der Waals surface area contributed by atoms with E-state index in [1.54, 1.807) is 149 Å². The van der Waals surface area contributed by atoms with Crippen LogP contribution < -0.4 is 0 Å². The van der Waals surface area contributed by atoms with Crippen molar-refractivity contribution in [2.45, 2.75) is 59.0 Å². The molecule has 320 valence electrons. The number of pyridine rings is 1. The Morgan fingerprint density at radius 2 is 1.28 bits per heavy atom. The Balaban J connectivity index is 0.000000371. The molecule has 1 unspecified atom stereocenters. The average molecular weight is 1190 g/mol.